The molecule has 6 nitrogen and oxygen atoms in total. The number of hydrogen-bond donors (Lipinski definition) is 1. The van der Waals surface area contributed by atoms with Crippen molar-refractivity contribution in [3.05, 3.63) is 23.5 Å². The minimum Gasteiger partial charge on any atom is -0.359 e. The van der Waals surface area contributed by atoms with E-state index in [0.29, 0.717) is 6.54 Å². The van der Waals surface area contributed by atoms with Crippen molar-refractivity contribution in [2.45, 2.75) is 11.3 Å². The number of halogens is 1. The SMILES string of the molecule is CNC(=O)[C@@]12C[C@@H]1CN(S(=O)(=O)c1ccc(Cl)nc1)C2. The van der Waals surface area contributed by atoms with E-state index in [1.165, 1.54) is 22.6 Å². The summed E-state index contributed by atoms with van der Waals surface area (Å²) < 4.78 is 26.3. The molecule has 0 unspecified atom stereocenters. The van der Waals surface area contributed by atoms with Gasteiger partial charge in [0.25, 0.3) is 0 Å². The lowest BCUT2D eigenvalue weighted by Crippen LogP contribution is -2.37. The molecular weight excluding hydrogens is 302 g/mol. The van der Waals surface area contributed by atoms with E-state index in [4.69, 9.17) is 11.6 Å². The zero-order valence-electron chi connectivity index (χ0n) is 10.8. The molecular formula is C12H14ClN3O3S. The summed E-state index contributed by atoms with van der Waals surface area (Å²) in [5.74, 6) is 0.0481. The number of hydrogen-bond acceptors (Lipinski definition) is 4. The van der Waals surface area contributed by atoms with Crippen molar-refractivity contribution in [1.29, 1.82) is 0 Å². The van der Waals surface area contributed by atoms with Crippen LogP contribution in [0.3, 0.4) is 0 Å². The molecule has 1 N–H and O–H groups in total. The molecule has 1 aromatic heterocycles. The molecule has 2 heterocycles. The maximum absolute atomic E-state index is 12.5. The van der Waals surface area contributed by atoms with Crippen LogP contribution in [0.5, 0.6) is 0 Å². The van der Waals surface area contributed by atoms with Gasteiger partial charge in [0.05, 0.1) is 5.41 Å². The van der Waals surface area contributed by atoms with Crippen LogP contribution in [-0.2, 0) is 14.8 Å². The van der Waals surface area contributed by atoms with Crippen molar-refractivity contribution in [3.63, 3.8) is 0 Å². The molecule has 0 radical (unpaired) electrons. The lowest BCUT2D eigenvalue weighted by molar-refractivity contribution is -0.125. The summed E-state index contributed by atoms with van der Waals surface area (Å²) >= 11 is 5.66. The van der Waals surface area contributed by atoms with Gasteiger partial charge in [0.1, 0.15) is 10.0 Å². The Morgan fingerprint density at radius 3 is 2.90 bits per heavy atom. The Morgan fingerprint density at radius 1 is 1.55 bits per heavy atom. The number of aromatic nitrogens is 1. The smallest absolute Gasteiger partial charge is 0.244 e. The number of piperidine rings is 1. The maximum atomic E-state index is 12.5. The van der Waals surface area contributed by atoms with Crippen molar-refractivity contribution in [1.82, 2.24) is 14.6 Å². The predicted octanol–water partition coefficient (Wildman–Crippen LogP) is 0.492. The average molecular weight is 316 g/mol. The van der Waals surface area contributed by atoms with Crippen LogP contribution in [0.4, 0.5) is 0 Å². The average Bonchev–Trinajstić information content (AvgIpc) is 3.00. The summed E-state index contributed by atoms with van der Waals surface area (Å²) in [6.07, 6.45) is 2.01. The van der Waals surface area contributed by atoms with Gasteiger partial charge in [0, 0.05) is 26.3 Å². The zero-order valence-corrected chi connectivity index (χ0v) is 12.4. The fraction of sp³-hybridized carbons (Fsp3) is 0.500. The van der Waals surface area contributed by atoms with Gasteiger partial charge in [-0.2, -0.15) is 4.31 Å². The van der Waals surface area contributed by atoms with Crippen LogP contribution >= 0.6 is 11.6 Å². The Labute approximate surface area is 122 Å². The minimum atomic E-state index is -3.61. The summed E-state index contributed by atoms with van der Waals surface area (Å²) in [5, 5.41) is 2.86. The molecule has 2 fully saturated rings. The molecule has 20 heavy (non-hydrogen) atoms. The molecule has 3 rings (SSSR count). The molecule has 8 heteroatoms. The fourth-order valence-corrected chi connectivity index (χ4v) is 4.50. The Hall–Kier alpha value is -1.18. The van der Waals surface area contributed by atoms with Gasteiger partial charge in [-0.05, 0) is 24.5 Å². The molecule has 0 spiro atoms. The second-order valence-corrected chi connectivity index (χ2v) is 7.58. The number of pyridine rings is 1. The summed E-state index contributed by atoms with van der Waals surface area (Å²) in [4.78, 5) is 15.8. The lowest BCUT2D eigenvalue weighted by Gasteiger charge is -2.19. The van der Waals surface area contributed by atoms with Crippen molar-refractivity contribution >= 4 is 27.5 Å². The van der Waals surface area contributed by atoms with Gasteiger partial charge in [-0.15, -0.1) is 0 Å². The number of nitrogens with zero attached hydrogens (tertiary/aromatic N) is 2. The van der Waals surface area contributed by atoms with Gasteiger partial charge >= 0.3 is 0 Å². The van der Waals surface area contributed by atoms with Gasteiger partial charge in [-0.25, -0.2) is 13.4 Å². The van der Waals surface area contributed by atoms with Crippen LogP contribution in [0.1, 0.15) is 6.42 Å². The zero-order chi connectivity index (χ0) is 14.5. The van der Waals surface area contributed by atoms with E-state index in [-0.39, 0.29) is 28.4 Å². The molecule has 1 amide bonds. The van der Waals surface area contributed by atoms with Crippen LogP contribution < -0.4 is 5.32 Å². The molecule has 0 aromatic carbocycles. The summed E-state index contributed by atoms with van der Waals surface area (Å²) in [6.45, 7) is 0.626. The van der Waals surface area contributed by atoms with Crippen molar-refractivity contribution in [2.24, 2.45) is 11.3 Å². The minimum absolute atomic E-state index is 0.0746. The highest BCUT2D eigenvalue weighted by atomic mass is 35.5. The number of fused-ring (bicyclic) bond motifs is 1. The molecule has 2 aliphatic rings. The summed E-state index contributed by atoms with van der Waals surface area (Å²) in [7, 11) is -2.03. The first-order valence-electron chi connectivity index (χ1n) is 6.24. The first-order valence-corrected chi connectivity index (χ1v) is 8.06. The monoisotopic (exact) mass is 315 g/mol. The third-order valence-corrected chi connectivity index (χ3v) is 6.15. The van der Waals surface area contributed by atoms with Crippen LogP contribution in [0.25, 0.3) is 0 Å². The molecule has 1 saturated carbocycles. The highest BCUT2D eigenvalue weighted by Gasteiger charge is 2.66. The van der Waals surface area contributed by atoms with Gasteiger partial charge in [0.15, 0.2) is 0 Å². The van der Waals surface area contributed by atoms with Crippen LogP contribution in [-0.4, -0.2) is 43.8 Å². The second kappa shape index (κ2) is 4.41. The van der Waals surface area contributed by atoms with E-state index in [0.717, 1.165) is 6.42 Å². The van der Waals surface area contributed by atoms with Crippen LogP contribution in [0, 0.1) is 11.3 Å². The Kier molecular flexibility index (Phi) is 3.04. The lowest BCUT2D eigenvalue weighted by atomic mass is 10.1. The van der Waals surface area contributed by atoms with Crippen LogP contribution in [0.15, 0.2) is 23.2 Å². The predicted molar refractivity (Wildman–Crippen MR) is 72.6 cm³/mol. The highest BCUT2D eigenvalue weighted by molar-refractivity contribution is 7.89. The molecule has 1 aliphatic heterocycles. The Balaban J connectivity index is 1.85. The first kappa shape index (κ1) is 13.8. The van der Waals surface area contributed by atoms with Crippen molar-refractivity contribution in [3.8, 4) is 0 Å². The summed E-state index contributed by atoms with van der Waals surface area (Å²) in [5.41, 5.74) is -0.526. The van der Waals surface area contributed by atoms with E-state index >= 15 is 0 Å². The molecule has 1 aromatic rings. The quantitative estimate of drug-likeness (QED) is 0.823. The Morgan fingerprint density at radius 2 is 2.30 bits per heavy atom. The number of amides is 1. The third-order valence-electron chi connectivity index (χ3n) is 4.13. The van der Waals surface area contributed by atoms with Crippen molar-refractivity contribution in [2.75, 3.05) is 20.1 Å². The number of nitrogens with one attached hydrogen (secondary N) is 1. The largest absolute Gasteiger partial charge is 0.359 e. The number of sulfonamides is 1. The summed E-state index contributed by atoms with van der Waals surface area (Å²) in [6, 6.07) is 2.88. The molecule has 108 valence electrons. The van der Waals surface area contributed by atoms with Crippen molar-refractivity contribution < 1.29 is 13.2 Å². The fourth-order valence-electron chi connectivity index (χ4n) is 2.88. The number of rotatable bonds is 3. The maximum Gasteiger partial charge on any atom is 0.244 e. The van der Waals surface area contributed by atoms with E-state index < -0.39 is 15.4 Å². The standard InChI is InChI=1S/C12H14ClN3O3S/c1-14-11(17)12-4-8(12)6-16(7-12)20(18,19)9-2-3-10(13)15-5-9/h2-3,5,8H,4,6-7H2,1H3,(H,14,17)/t8-,12-/m1/s1. The van der Waals surface area contributed by atoms with Gasteiger partial charge in [-0.1, -0.05) is 11.6 Å². The third kappa shape index (κ3) is 1.92. The van der Waals surface area contributed by atoms with E-state index in [2.05, 4.69) is 10.3 Å². The normalized spacial score (nSPS) is 29.0. The van der Waals surface area contributed by atoms with E-state index in [1.54, 1.807) is 7.05 Å². The molecule has 1 saturated heterocycles. The van der Waals surface area contributed by atoms with Gasteiger partial charge in [0.2, 0.25) is 15.9 Å². The van der Waals surface area contributed by atoms with Gasteiger partial charge in [-0.3, -0.25) is 4.79 Å². The molecule has 2 atom stereocenters. The van der Waals surface area contributed by atoms with Crippen LogP contribution in [0.2, 0.25) is 5.15 Å². The number of carbonyl (C=O) groups excluding carboxylic acids is 1. The van der Waals surface area contributed by atoms with E-state index in [1.807, 2.05) is 0 Å². The topological polar surface area (TPSA) is 79.4 Å². The second-order valence-electron chi connectivity index (χ2n) is 5.25. The first-order chi connectivity index (χ1) is 9.40. The molecule has 1 aliphatic carbocycles. The van der Waals surface area contributed by atoms with E-state index in [9.17, 15) is 13.2 Å². The van der Waals surface area contributed by atoms with Gasteiger partial charge < -0.3 is 5.32 Å². The highest BCUT2D eigenvalue weighted by Crippen LogP contribution is 2.58. The Bertz CT molecular complexity index is 661. The number of carbonyl (C=O) groups is 1. The molecule has 0 bridgehead atoms.